The zero-order valence-corrected chi connectivity index (χ0v) is 16.0. The van der Waals surface area contributed by atoms with E-state index in [2.05, 4.69) is 69.6 Å². The van der Waals surface area contributed by atoms with Crippen LogP contribution in [0.15, 0.2) is 100 Å². The number of aromatic amines is 1. The first-order chi connectivity index (χ1) is 13.3. The van der Waals surface area contributed by atoms with Gasteiger partial charge in [-0.3, -0.25) is 0 Å². The summed E-state index contributed by atoms with van der Waals surface area (Å²) in [6.45, 7) is 0. The van der Waals surface area contributed by atoms with Crippen molar-refractivity contribution in [1.29, 1.82) is 0 Å². The number of furan rings is 1. The molecule has 0 fully saturated rings. The van der Waals surface area contributed by atoms with Crippen LogP contribution < -0.4 is 0 Å². The zero-order valence-electron chi connectivity index (χ0n) is 14.4. The summed E-state index contributed by atoms with van der Waals surface area (Å²) in [6, 6.07) is 28.8. The Bertz CT molecular complexity index is 1220. The van der Waals surface area contributed by atoms with E-state index in [9.17, 15) is 0 Å². The largest absolute Gasteiger partial charge is 0.455 e. The third-order valence-electron chi connectivity index (χ3n) is 4.77. The molecular formula is C24H16BrNO. The minimum Gasteiger partial charge on any atom is -0.455 e. The van der Waals surface area contributed by atoms with Gasteiger partial charge in [0.25, 0.3) is 0 Å². The second kappa shape index (κ2) is 6.60. The van der Waals surface area contributed by atoms with Crippen LogP contribution in [0.1, 0.15) is 0 Å². The number of rotatable bonds is 3. The van der Waals surface area contributed by atoms with Crippen LogP contribution in [0.5, 0.6) is 0 Å². The molecule has 3 heteroatoms. The maximum Gasteiger partial charge on any atom is 0.142 e. The van der Waals surface area contributed by atoms with Crippen LogP contribution in [-0.4, -0.2) is 4.98 Å². The Kier molecular flexibility index (Phi) is 3.95. The molecule has 0 spiro atoms. The van der Waals surface area contributed by atoms with E-state index in [1.165, 1.54) is 0 Å². The Morgan fingerprint density at radius 3 is 2.15 bits per heavy atom. The van der Waals surface area contributed by atoms with Gasteiger partial charge in [0, 0.05) is 43.8 Å². The number of H-pyrrole nitrogens is 1. The molecule has 0 radical (unpaired) electrons. The molecule has 2 heterocycles. The van der Waals surface area contributed by atoms with E-state index >= 15 is 0 Å². The minimum atomic E-state index is 0.867. The van der Waals surface area contributed by atoms with Crippen molar-refractivity contribution < 1.29 is 4.42 Å². The molecule has 0 unspecified atom stereocenters. The Balaban J connectivity index is 1.79. The molecule has 0 aliphatic heterocycles. The minimum absolute atomic E-state index is 0.867. The molecular weight excluding hydrogens is 398 g/mol. The van der Waals surface area contributed by atoms with Gasteiger partial charge >= 0.3 is 0 Å². The smallest absolute Gasteiger partial charge is 0.142 e. The lowest BCUT2D eigenvalue weighted by Gasteiger charge is -2.03. The molecule has 0 saturated carbocycles. The molecule has 2 nitrogen and oxygen atoms in total. The van der Waals surface area contributed by atoms with Gasteiger partial charge in [0.2, 0.25) is 0 Å². The first-order valence-corrected chi connectivity index (χ1v) is 9.61. The SMILES string of the molecule is Brc1cccc2[nH]cc(-c3cc(-c4ccccc4)oc3-c3ccccc3)c12. The van der Waals surface area contributed by atoms with Crippen LogP contribution in [0.4, 0.5) is 0 Å². The molecule has 0 atom stereocenters. The monoisotopic (exact) mass is 413 g/mol. The highest BCUT2D eigenvalue weighted by atomic mass is 79.9. The van der Waals surface area contributed by atoms with Crippen molar-refractivity contribution in [2.75, 3.05) is 0 Å². The summed E-state index contributed by atoms with van der Waals surface area (Å²) in [6.07, 6.45) is 2.06. The Labute approximate surface area is 165 Å². The van der Waals surface area contributed by atoms with Gasteiger partial charge in [-0.1, -0.05) is 82.7 Å². The molecule has 0 saturated heterocycles. The van der Waals surface area contributed by atoms with Crippen LogP contribution in [0.2, 0.25) is 0 Å². The lowest BCUT2D eigenvalue weighted by Crippen LogP contribution is -1.79. The quantitative estimate of drug-likeness (QED) is 0.325. The van der Waals surface area contributed by atoms with Gasteiger partial charge in [-0.25, -0.2) is 0 Å². The number of nitrogens with one attached hydrogen (secondary N) is 1. The zero-order chi connectivity index (χ0) is 18.2. The van der Waals surface area contributed by atoms with Crippen LogP contribution in [-0.2, 0) is 0 Å². The first kappa shape index (κ1) is 16.2. The molecule has 130 valence electrons. The van der Waals surface area contributed by atoms with Gasteiger partial charge in [0.05, 0.1) is 0 Å². The summed E-state index contributed by atoms with van der Waals surface area (Å²) >= 11 is 3.71. The van der Waals surface area contributed by atoms with Gasteiger partial charge < -0.3 is 9.40 Å². The molecule has 0 amide bonds. The third-order valence-corrected chi connectivity index (χ3v) is 5.43. The molecule has 27 heavy (non-hydrogen) atoms. The fourth-order valence-electron chi connectivity index (χ4n) is 3.49. The predicted molar refractivity (Wildman–Crippen MR) is 115 cm³/mol. The highest BCUT2D eigenvalue weighted by molar-refractivity contribution is 9.10. The topological polar surface area (TPSA) is 28.9 Å². The second-order valence-electron chi connectivity index (χ2n) is 6.45. The van der Waals surface area contributed by atoms with Crippen molar-refractivity contribution in [3.8, 4) is 33.8 Å². The average Bonchev–Trinajstić information content (AvgIpc) is 3.34. The van der Waals surface area contributed by atoms with Crippen molar-refractivity contribution >= 4 is 26.8 Å². The highest BCUT2D eigenvalue weighted by Crippen LogP contribution is 2.42. The molecule has 0 aliphatic carbocycles. The Morgan fingerprint density at radius 2 is 1.41 bits per heavy atom. The van der Waals surface area contributed by atoms with Crippen molar-refractivity contribution in [3.63, 3.8) is 0 Å². The fourth-order valence-corrected chi connectivity index (χ4v) is 4.07. The van der Waals surface area contributed by atoms with E-state index in [1.807, 2.05) is 42.5 Å². The molecule has 5 rings (SSSR count). The van der Waals surface area contributed by atoms with Gasteiger partial charge in [-0.2, -0.15) is 0 Å². The Morgan fingerprint density at radius 1 is 0.704 bits per heavy atom. The maximum atomic E-state index is 6.37. The second-order valence-corrected chi connectivity index (χ2v) is 7.30. The van der Waals surface area contributed by atoms with E-state index in [1.54, 1.807) is 0 Å². The summed E-state index contributed by atoms with van der Waals surface area (Å²) in [5, 5.41) is 1.16. The third kappa shape index (κ3) is 2.81. The number of halogens is 1. The van der Waals surface area contributed by atoms with Crippen molar-refractivity contribution in [2.24, 2.45) is 0 Å². The van der Waals surface area contributed by atoms with Crippen molar-refractivity contribution in [1.82, 2.24) is 4.98 Å². The number of aromatic nitrogens is 1. The molecule has 0 aliphatic rings. The number of hydrogen-bond donors (Lipinski definition) is 1. The van der Waals surface area contributed by atoms with Gasteiger partial charge in [0.15, 0.2) is 0 Å². The van der Waals surface area contributed by atoms with Crippen molar-refractivity contribution in [3.05, 3.63) is 95.6 Å². The highest BCUT2D eigenvalue weighted by Gasteiger charge is 2.19. The van der Waals surface area contributed by atoms with Gasteiger partial charge in [-0.05, 0) is 18.2 Å². The molecule has 1 N–H and O–H groups in total. The summed E-state index contributed by atoms with van der Waals surface area (Å²) in [4.78, 5) is 3.38. The number of hydrogen-bond acceptors (Lipinski definition) is 1. The van der Waals surface area contributed by atoms with Crippen LogP contribution >= 0.6 is 15.9 Å². The van der Waals surface area contributed by atoms with E-state index in [-0.39, 0.29) is 0 Å². The average molecular weight is 414 g/mol. The normalized spacial score (nSPS) is 11.1. The van der Waals surface area contributed by atoms with E-state index in [0.717, 1.165) is 49.1 Å². The summed E-state index contributed by atoms with van der Waals surface area (Å²) in [5.41, 5.74) is 5.44. The van der Waals surface area contributed by atoms with E-state index in [4.69, 9.17) is 4.42 Å². The van der Waals surface area contributed by atoms with Crippen LogP contribution in [0.25, 0.3) is 44.7 Å². The fraction of sp³-hybridized carbons (Fsp3) is 0. The summed E-state index contributed by atoms with van der Waals surface area (Å²) in [7, 11) is 0. The van der Waals surface area contributed by atoms with Crippen LogP contribution in [0.3, 0.4) is 0 Å². The standard InChI is InChI=1S/C24H16BrNO/c25-20-12-7-13-21-23(20)19(15-26-21)18-14-22(16-8-3-1-4-9-16)27-24(18)17-10-5-2-6-11-17/h1-15,26H. The Hall–Kier alpha value is -3.04. The molecule has 0 bridgehead atoms. The predicted octanol–water partition coefficient (Wildman–Crippen LogP) is 7.52. The maximum absolute atomic E-state index is 6.37. The van der Waals surface area contributed by atoms with Crippen molar-refractivity contribution in [2.45, 2.75) is 0 Å². The van der Waals surface area contributed by atoms with E-state index < -0.39 is 0 Å². The van der Waals surface area contributed by atoms with Crippen LogP contribution in [0, 0.1) is 0 Å². The number of benzene rings is 3. The number of fused-ring (bicyclic) bond motifs is 1. The molecule has 3 aromatic carbocycles. The lowest BCUT2D eigenvalue weighted by molar-refractivity contribution is 0.598. The summed E-state index contributed by atoms with van der Waals surface area (Å²) in [5.74, 6) is 1.75. The van der Waals surface area contributed by atoms with Gasteiger partial charge in [0.1, 0.15) is 11.5 Å². The van der Waals surface area contributed by atoms with E-state index in [0.29, 0.717) is 0 Å². The molecule has 5 aromatic rings. The molecule has 2 aromatic heterocycles. The summed E-state index contributed by atoms with van der Waals surface area (Å²) < 4.78 is 7.44. The lowest BCUT2D eigenvalue weighted by atomic mass is 10.0. The van der Waals surface area contributed by atoms with Gasteiger partial charge in [-0.15, -0.1) is 0 Å². The first-order valence-electron chi connectivity index (χ1n) is 8.82.